The molecule has 0 heteroatoms. The smallest absolute Gasteiger partial charge is 0.0334 e. The molecule has 0 saturated heterocycles. The molecular formula is C80H190. The number of rotatable bonds is 19. The van der Waals surface area contributed by atoms with Gasteiger partial charge in [-0.05, 0) is 63.1 Å². The second-order valence-electron chi connectivity index (χ2n) is 29.5. The highest BCUT2D eigenvalue weighted by Gasteiger charge is 2.26. The van der Waals surface area contributed by atoms with Crippen molar-refractivity contribution in [3.8, 4) is 0 Å². The van der Waals surface area contributed by atoms with Gasteiger partial charge in [0.05, 0.1) is 0 Å². The van der Waals surface area contributed by atoms with Gasteiger partial charge in [0, 0.05) is 0 Å². The molecule has 0 spiro atoms. The van der Waals surface area contributed by atoms with Crippen LogP contribution in [0.5, 0.6) is 0 Å². The molecule has 0 aromatic heterocycles. The first-order valence-corrected chi connectivity index (χ1v) is 36.0. The maximum absolute atomic E-state index is 2.28. The van der Waals surface area contributed by atoms with Crippen molar-refractivity contribution < 1.29 is 0 Å². The van der Waals surface area contributed by atoms with Gasteiger partial charge in [0.25, 0.3) is 0 Å². The zero-order valence-electron chi connectivity index (χ0n) is 66.7. The van der Waals surface area contributed by atoms with Crippen molar-refractivity contribution >= 4 is 0 Å². The number of hydrogen-bond donors (Lipinski definition) is 0. The highest BCUT2D eigenvalue weighted by Crippen LogP contribution is 2.36. The van der Waals surface area contributed by atoms with E-state index in [1.807, 2.05) is 0 Å². The first kappa shape index (κ1) is 118. The molecule has 510 valence electrons. The van der Waals surface area contributed by atoms with E-state index in [0.29, 0.717) is 21.7 Å². The molecule has 0 aliphatic carbocycles. The minimum absolute atomic E-state index is 0. The van der Waals surface area contributed by atoms with Crippen LogP contribution in [0.1, 0.15) is 466 Å². The van der Waals surface area contributed by atoms with Crippen LogP contribution < -0.4 is 0 Å². The van der Waals surface area contributed by atoms with Crippen LogP contribution in [0, 0.1) is 63.1 Å². The van der Waals surface area contributed by atoms with Gasteiger partial charge in [-0.1, -0.05) is 466 Å². The molecule has 0 heterocycles. The van der Waals surface area contributed by atoms with Gasteiger partial charge in [0.1, 0.15) is 0 Å². The Morgan fingerprint density at radius 2 is 0.412 bits per heavy atom. The third-order valence-electron chi connectivity index (χ3n) is 13.8. The fraction of sp³-hybridized carbons (Fsp3) is 1.00. The lowest BCUT2D eigenvalue weighted by Crippen LogP contribution is -2.25. The van der Waals surface area contributed by atoms with Crippen molar-refractivity contribution in [1.82, 2.24) is 0 Å². The topological polar surface area (TPSA) is 0 Å². The lowest BCUT2D eigenvalue weighted by atomic mass is 9.71. The van der Waals surface area contributed by atoms with E-state index in [9.17, 15) is 0 Å². The average molecular weight is 1150 g/mol. The van der Waals surface area contributed by atoms with Crippen LogP contribution in [0.3, 0.4) is 0 Å². The largest absolute Gasteiger partial charge is 0.0776 e. The first-order valence-electron chi connectivity index (χ1n) is 36.0. The molecule has 0 radical (unpaired) electrons. The fourth-order valence-corrected chi connectivity index (χ4v) is 2.97. The Bertz CT molecular complexity index is 742. The van der Waals surface area contributed by atoms with E-state index in [2.05, 4.69) is 298 Å². The molecule has 0 aliphatic heterocycles. The molecule has 0 fully saturated rings. The summed E-state index contributed by atoms with van der Waals surface area (Å²) < 4.78 is 0. The lowest BCUT2D eigenvalue weighted by molar-refractivity contribution is 0.157. The first-order chi connectivity index (χ1) is 36.0. The van der Waals surface area contributed by atoms with Gasteiger partial charge in [-0.25, -0.2) is 0 Å². The Morgan fingerprint density at radius 3 is 0.450 bits per heavy atom. The van der Waals surface area contributed by atoms with Crippen LogP contribution in [-0.4, -0.2) is 0 Å². The Balaban J connectivity index is -0.0000000439. The van der Waals surface area contributed by atoms with Crippen LogP contribution in [0.2, 0.25) is 0 Å². The van der Waals surface area contributed by atoms with Crippen molar-refractivity contribution in [3.63, 3.8) is 0 Å². The third-order valence-corrected chi connectivity index (χ3v) is 13.8. The summed E-state index contributed by atoms with van der Waals surface area (Å²) >= 11 is 0. The van der Waals surface area contributed by atoms with Crippen LogP contribution in [-0.2, 0) is 0 Å². The van der Waals surface area contributed by atoms with Crippen LogP contribution in [0.15, 0.2) is 0 Å². The minimum atomic E-state index is 0. The zero-order chi connectivity index (χ0) is 66.7. The molecular weight excluding hydrogens is 961 g/mol. The monoisotopic (exact) mass is 1150 g/mol. The standard InChI is InChI=1S/C8H18.C7H16.7C6H14.3C5H12.C4H10.C3H8.CH4/c1-7(2,3)8(4,5)6;1-3-5-7-6-4-2;2*1-5-6(2,3)4;1-5(2)6(3)4;2*1-4-5-6(2)3;1-4-6(3)5-2;1-3-5-6-4-2;2*1-4-5(2)3;1-3-5-4-2;1-3-4-2;1-3-2;/h1-6H3;3-7H2,1-2H3;2*5H2,1-4H3;5-6H,1-4H3;3*6H,4-5H2,1-3H3;3-6H2,1-2H3;2*5H,4H2,1-3H3;3-5H2,1-2H3;3-4H2,1-2H3;3H2,1-2H3;1H4. The summed E-state index contributed by atoms with van der Waals surface area (Å²) in [6.45, 7) is 95.9. The number of unbranched alkanes of at least 4 members (excludes halogenated alkanes) is 10. The summed E-state index contributed by atoms with van der Waals surface area (Å²) in [5.74, 6) is 6.20. The van der Waals surface area contributed by atoms with Gasteiger partial charge in [0.2, 0.25) is 0 Å². The van der Waals surface area contributed by atoms with E-state index in [1.165, 1.54) is 161 Å². The van der Waals surface area contributed by atoms with Crippen LogP contribution >= 0.6 is 0 Å². The van der Waals surface area contributed by atoms with E-state index >= 15 is 0 Å². The van der Waals surface area contributed by atoms with Crippen LogP contribution in [0.4, 0.5) is 0 Å². The van der Waals surface area contributed by atoms with Gasteiger partial charge >= 0.3 is 0 Å². The van der Waals surface area contributed by atoms with E-state index < -0.39 is 0 Å². The van der Waals surface area contributed by atoms with Crippen molar-refractivity contribution in [2.45, 2.75) is 466 Å². The van der Waals surface area contributed by atoms with E-state index in [4.69, 9.17) is 0 Å². The highest BCUT2D eigenvalue weighted by molar-refractivity contribution is 4.77. The molecule has 0 amide bonds. The highest BCUT2D eigenvalue weighted by atomic mass is 14.3. The summed E-state index contributed by atoms with van der Waals surface area (Å²) in [7, 11) is 0. The molecule has 0 bridgehead atoms. The van der Waals surface area contributed by atoms with Gasteiger partial charge in [0.15, 0.2) is 0 Å². The second-order valence-corrected chi connectivity index (χ2v) is 29.5. The summed E-state index contributed by atoms with van der Waals surface area (Å²) in [5.41, 5.74) is 1.96. The predicted octanol–water partition coefficient (Wildman–Crippen LogP) is 33.3. The molecule has 0 unspecified atom stereocenters. The minimum Gasteiger partial charge on any atom is -0.0776 e. The molecule has 0 aromatic carbocycles. The molecule has 0 atom stereocenters. The third kappa shape index (κ3) is 250. The normalized spacial score (nSPS) is 10.1. The van der Waals surface area contributed by atoms with Crippen molar-refractivity contribution in [3.05, 3.63) is 0 Å². The average Bonchev–Trinajstić information content (AvgIpc) is 3.34. The van der Waals surface area contributed by atoms with E-state index in [-0.39, 0.29) is 7.43 Å². The van der Waals surface area contributed by atoms with Gasteiger partial charge in [-0.3, -0.25) is 0 Å². The van der Waals surface area contributed by atoms with Crippen molar-refractivity contribution in [1.29, 1.82) is 0 Å². The number of hydrogen-bond acceptors (Lipinski definition) is 0. The van der Waals surface area contributed by atoms with E-state index in [0.717, 1.165) is 41.4 Å². The molecule has 0 aliphatic rings. The Labute approximate surface area is 526 Å². The molecule has 0 N–H and O–H groups in total. The van der Waals surface area contributed by atoms with E-state index in [1.54, 1.807) is 0 Å². The van der Waals surface area contributed by atoms with Gasteiger partial charge in [-0.2, -0.15) is 0 Å². The summed E-state index contributed by atoms with van der Waals surface area (Å²) in [6, 6.07) is 0. The Kier molecular flexibility index (Phi) is 145. The Morgan fingerprint density at radius 1 is 0.237 bits per heavy atom. The van der Waals surface area contributed by atoms with Crippen LogP contribution in [0.25, 0.3) is 0 Å². The maximum Gasteiger partial charge on any atom is -0.0334 e. The van der Waals surface area contributed by atoms with Gasteiger partial charge < -0.3 is 0 Å². The molecule has 0 aromatic rings. The molecule has 0 nitrogen and oxygen atoms in total. The predicted molar refractivity (Wildman–Crippen MR) is 400 cm³/mol. The maximum atomic E-state index is 2.28. The SMILES string of the molecule is C.CC(C)(C)C(C)(C)C.CC(C)C(C)C.CCC.CCC(C)(C)C.CCC(C)(C)C.CCC(C)C.CCC(C)C.CCC(C)CC.CCCC.CCCC(C)C.CCCC(C)C.CCCCC.CCCCCC.CCCCCCC. The summed E-state index contributed by atoms with van der Waals surface area (Å²) in [6.07, 6.45) is 33.7. The van der Waals surface area contributed by atoms with Crippen molar-refractivity contribution in [2.75, 3.05) is 0 Å². The molecule has 0 rings (SSSR count). The lowest BCUT2D eigenvalue weighted by Gasteiger charge is -2.34. The van der Waals surface area contributed by atoms with Crippen molar-refractivity contribution in [2.24, 2.45) is 63.1 Å². The fourth-order valence-electron chi connectivity index (χ4n) is 2.97. The summed E-state index contributed by atoms with van der Waals surface area (Å²) in [5, 5.41) is 0. The zero-order valence-corrected chi connectivity index (χ0v) is 66.7. The molecule has 0 saturated carbocycles. The van der Waals surface area contributed by atoms with Gasteiger partial charge in [-0.15, -0.1) is 0 Å². The second kappa shape index (κ2) is 98.1. The quantitative estimate of drug-likeness (QED) is 0.113. The summed E-state index contributed by atoms with van der Waals surface area (Å²) in [4.78, 5) is 0. The molecule has 80 heavy (non-hydrogen) atoms. The Hall–Kier alpha value is 0.